The molecule has 0 heterocycles. The first-order chi connectivity index (χ1) is 9.58. The molecule has 6 heteroatoms. The normalized spacial score (nSPS) is 10.8. The van der Waals surface area contributed by atoms with Crippen molar-refractivity contribution in [1.29, 1.82) is 0 Å². The smallest absolute Gasteiger partial charge is 0.269 e. The van der Waals surface area contributed by atoms with Crippen LogP contribution < -0.4 is 4.74 Å². The Bertz CT molecular complexity index is 430. The van der Waals surface area contributed by atoms with Crippen molar-refractivity contribution >= 4 is 5.69 Å². The molecule has 0 amide bonds. The average Bonchev–Trinajstić information content (AvgIpc) is 2.40. The number of nitro benzene ring substituents is 1. The van der Waals surface area contributed by atoms with E-state index in [0.717, 1.165) is 5.56 Å². The molecule has 0 unspecified atom stereocenters. The van der Waals surface area contributed by atoms with Crippen molar-refractivity contribution in [2.24, 2.45) is 0 Å². The molecular weight excluding hydrogens is 262 g/mol. The highest BCUT2D eigenvalue weighted by molar-refractivity contribution is 5.42. The van der Waals surface area contributed by atoms with Gasteiger partial charge >= 0.3 is 0 Å². The Morgan fingerprint density at radius 1 is 1.25 bits per heavy atom. The van der Waals surface area contributed by atoms with Crippen LogP contribution in [0.15, 0.2) is 18.2 Å². The Kier molecular flexibility index (Phi) is 6.97. The minimum Gasteiger partial charge on any atom is -0.493 e. The fourth-order valence-electron chi connectivity index (χ4n) is 1.76. The maximum absolute atomic E-state index is 10.6. The quantitative estimate of drug-likeness (QED) is 0.395. The number of benzene rings is 1. The van der Waals surface area contributed by atoms with E-state index in [0.29, 0.717) is 32.0 Å². The van der Waals surface area contributed by atoms with Gasteiger partial charge in [-0.1, -0.05) is 0 Å². The third-order valence-electron chi connectivity index (χ3n) is 2.69. The van der Waals surface area contributed by atoms with Gasteiger partial charge in [0, 0.05) is 31.8 Å². The lowest BCUT2D eigenvalue weighted by atomic mass is 10.2. The largest absolute Gasteiger partial charge is 0.493 e. The van der Waals surface area contributed by atoms with E-state index in [1.54, 1.807) is 13.0 Å². The van der Waals surface area contributed by atoms with Crippen molar-refractivity contribution in [3.63, 3.8) is 0 Å². The van der Waals surface area contributed by atoms with Gasteiger partial charge in [0.15, 0.2) is 6.29 Å². The van der Waals surface area contributed by atoms with Crippen LogP contribution in [-0.4, -0.2) is 31.0 Å². The third kappa shape index (κ3) is 5.14. The van der Waals surface area contributed by atoms with E-state index < -0.39 is 4.92 Å². The minimum atomic E-state index is -0.420. The highest BCUT2D eigenvalue weighted by Crippen LogP contribution is 2.23. The summed E-state index contributed by atoms with van der Waals surface area (Å²) in [5, 5.41) is 10.6. The van der Waals surface area contributed by atoms with Gasteiger partial charge in [-0.15, -0.1) is 0 Å². The van der Waals surface area contributed by atoms with Gasteiger partial charge in [0.1, 0.15) is 5.75 Å². The SMILES string of the molecule is CCOC(CCOc1ccc([N+](=O)[O-])cc1C)OCC. The molecule has 0 aromatic heterocycles. The lowest BCUT2D eigenvalue weighted by molar-refractivity contribution is -0.384. The summed E-state index contributed by atoms with van der Waals surface area (Å²) in [5.74, 6) is 0.641. The number of rotatable bonds is 9. The standard InChI is InChI=1S/C14H21NO5/c1-4-18-14(19-5-2)8-9-20-13-7-6-12(15(16)17)10-11(13)3/h6-7,10,14H,4-5,8-9H2,1-3H3. The number of aryl methyl sites for hydroxylation is 1. The second-order valence-corrected chi connectivity index (χ2v) is 4.18. The molecule has 0 aliphatic carbocycles. The van der Waals surface area contributed by atoms with E-state index >= 15 is 0 Å². The molecule has 20 heavy (non-hydrogen) atoms. The number of hydrogen-bond donors (Lipinski definition) is 0. The van der Waals surface area contributed by atoms with E-state index in [1.807, 2.05) is 13.8 Å². The third-order valence-corrected chi connectivity index (χ3v) is 2.69. The van der Waals surface area contributed by atoms with Crippen molar-refractivity contribution < 1.29 is 19.1 Å². The molecule has 0 bridgehead atoms. The molecule has 0 atom stereocenters. The van der Waals surface area contributed by atoms with Crippen molar-refractivity contribution in [3.8, 4) is 5.75 Å². The van der Waals surface area contributed by atoms with Gasteiger partial charge in [-0.25, -0.2) is 0 Å². The zero-order valence-corrected chi connectivity index (χ0v) is 12.1. The Morgan fingerprint density at radius 3 is 2.40 bits per heavy atom. The molecule has 0 saturated carbocycles. The monoisotopic (exact) mass is 283 g/mol. The van der Waals surface area contributed by atoms with Crippen LogP contribution in [0.25, 0.3) is 0 Å². The molecular formula is C14H21NO5. The van der Waals surface area contributed by atoms with Crippen LogP contribution >= 0.6 is 0 Å². The molecule has 0 radical (unpaired) electrons. The first-order valence-electron chi connectivity index (χ1n) is 6.69. The second-order valence-electron chi connectivity index (χ2n) is 4.18. The summed E-state index contributed by atoms with van der Waals surface area (Å²) in [6.07, 6.45) is 0.335. The van der Waals surface area contributed by atoms with Crippen molar-refractivity contribution in [3.05, 3.63) is 33.9 Å². The van der Waals surface area contributed by atoms with Crippen LogP contribution in [0.3, 0.4) is 0 Å². The molecule has 1 aromatic rings. The summed E-state index contributed by atoms with van der Waals surface area (Å²) < 4.78 is 16.4. The van der Waals surface area contributed by atoms with E-state index in [9.17, 15) is 10.1 Å². The van der Waals surface area contributed by atoms with Crippen molar-refractivity contribution in [2.75, 3.05) is 19.8 Å². The molecule has 0 aliphatic rings. The Balaban J connectivity index is 2.50. The predicted octanol–water partition coefficient (Wildman–Crippen LogP) is 3.07. The topological polar surface area (TPSA) is 70.8 Å². The van der Waals surface area contributed by atoms with Crippen LogP contribution in [-0.2, 0) is 9.47 Å². The summed E-state index contributed by atoms with van der Waals surface area (Å²) in [6, 6.07) is 4.55. The molecule has 1 aromatic carbocycles. The maximum Gasteiger partial charge on any atom is 0.269 e. The number of non-ortho nitro benzene ring substituents is 1. The zero-order valence-electron chi connectivity index (χ0n) is 12.1. The molecule has 112 valence electrons. The molecule has 0 aliphatic heterocycles. The summed E-state index contributed by atoms with van der Waals surface area (Å²) in [4.78, 5) is 10.2. The number of ether oxygens (including phenoxy) is 3. The predicted molar refractivity (Wildman–Crippen MR) is 75.0 cm³/mol. The Hall–Kier alpha value is -1.66. The van der Waals surface area contributed by atoms with Crippen molar-refractivity contribution in [1.82, 2.24) is 0 Å². The lowest BCUT2D eigenvalue weighted by Gasteiger charge is -2.17. The van der Waals surface area contributed by atoms with Crippen LogP contribution in [0.5, 0.6) is 5.75 Å². The number of nitrogens with zero attached hydrogens (tertiary/aromatic N) is 1. The van der Waals surface area contributed by atoms with Crippen LogP contribution in [0.2, 0.25) is 0 Å². The molecule has 0 spiro atoms. The van der Waals surface area contributed by atoms with Gasteiger partial charge in [-0.2, -0.15) is 0 Å². The van der Waals surface area contributed by atoms with E-state index in [2.05, 4.69) is 0 Å². The first-order valence-corrected chi connectivity index (χ1v) is 6.69. The Morgan fingerprint density at radius 2 is 1.90 bits per heavy atom. The Labute approximate surface area is 118 Å². The van der Waals surface area contributed by atoms with Gasteiger partial charge in [0.05, 0.1) is 11.5 Å². The van der Waals surface area contributed by atoms with Gasteiger partial charge in [-0.3, -0.25) is 10.1 Å². The second kappa shape index (κ2) is 8.50. The molecule has 0 fully saturated rings. The van der Waals surface area contributed by atoms with Crippen LogP contribution in [0.1, 0.15) is 25.8 Å². The fraction of sp³-hybridized carbons (Fsp3) is 0.571. The van der Waals surface area contributed by atoms with Gasteiger partial charge in [0.2, 0.25) is 0 Å². The summed E-state index contributed by atoms with van der Waals surface area (Å²) in [7, 11) is 0. The number of hydrogen-bond acceptors (Lipinski definition) is 5. The minimum absolute atomic E-state index is 0.0661. The lowest BCUT2D eigenvalue weighted by Crippen LogP contribution is -2.20. The van der Waals surface area contributed by atoms with Crippen LogP contribution in [0, 0.1) is 17.0 Å². The maximum atomic E-state index is 10.6. The van der Waals surface area contributed by atoms with Crippen molar-refractivity contribution in [2.45, 2.75) is 33.5 Å². The summed E-state index contributed by atoms with van der Waals surface area (Å²) >= 11 is 0. The average molecular weight is 283 g/mol. The summed E-state index contributed by atoms with van der Waals surface area (Å²) in [5.41, 5.74) is 0.805. The number of nitro groups is 1. The van der Waals surface area contributed by atoms with E-state index in [1.165, 1.54) is 12.1 Å². The zero-order chi connectivity index (χ0) is 15.0. The van der Waals surface area contributed by atoms with E-state index in [4.69, 9.17) is 14.2 Å². The molecule has 0 N–H and O–H groups in total. The highest BCUT2D eigenvalue weighted by atomic mass is 16.7. The van der Waals surface area contributed by atoms with Gasteiger partial charge in [-0.05, 0) is 32.4 Å². The summed E-state index contributed by atoms with van der Waals surface area (Å²) in [6.45, 7) is 7.21. The van der Waals surface area contributed by atoms with E-state index in [-0.39, 0.29) is 12.0 Å². The first kappa shape index (κ1) is 16.4. The molecule has 1 rings (SSSR count). The van der Waals surface area contributed by atoms with Gasteiger partial charge < -0.3 is 14.2 Å². The fourth-order valence-corrected chi connectivity index (χ4v) is 1.76. The molecule has 6 nitrogen and oxygen atoms in total. The van der Waals surface area contributed by atoms with Crippen LogP contribution in [0.4, 0.5) is 5.69 Å². The van der Waals surface area contributed by atoms with Gasteiger partial charge in [0.25, 0.3) is 5.69 Å². The highest BCUT2D eigenvalue weighted by Gasteiger charge is 2.11. The molecule has 0 saturated heterocycles.